The molecule has 6 heteroatoms. The number of carbonyl (C=O) groups is 2. The van der Waals surface area contributed by atoms with Gasteiger partial charge in [0.25, 0.3) is 0 Å². The molecule has 1 N–H and O–H groups in total. The van der Waals surface area contributed by atoms with Crippen molar-refractivity contribution < 1.29 is 19.1 Å². The van der Waals surface area contributed by atoms with Gasteiger partial charge in [-0.3, -0.25) is 9.59 Å². The first-order chi connectivity index (χ1) is 13.9. The second kappa shape index (κ2) is 9.56. The maximum atomic E-state index is 12.8. The number of nitrogens with one attached hydrogen (secondary N) is 1. The third kappa shape index (κ3) is 5.81. The zero-order valence-corrected chi connectivity index (χ0v) is 17.2. The number of ether oxygens (including phenoxy) is 2. The first kappa shape index (κ1) is 20.9. The van der Waals surface area contributed by atoms with E-state index in [2.05, 4.69) is 5.32 Å². The quantitative estimate of drug-likeness (QED) is 0.782. The van der Waals surface area contributed by atoms with Crippen molar-refractivity contribution in [2.45, 2.75) is 46.0 Å². The fourth-order valence-electron chi connectivity index (χ4n) is 3.18. The van der Waals surface area contributed by atoms with Crippen molar-refractivity contribution in [2.75, 3.05) is 13.2 Å². The smallest absolute Gasteiger partial charge is 0.249 e. The van der Waals surface area contributed by atoms with E-state index in [1.165, 1.54) is 0 Å². The zero-order chi connectivity index (χ0) is 20.8. The van der Waals surface area contributed by atoms with Gasteiger partial charge in [0.1, 0.15) is 18.4 Å². The van der Waals surface area contributed by atoms with E-state index >= 15 is 0 Å². The second-order valence-electron chi connectivity index (χ2n) is 7.57. The first-order valence-electron chi connectivity index (χ1n) is 9.88. The molecular formula is C23H28N2O4. The predicted molar refractivity (Wildman–Crippen MR) is 110 cm³/mol. The number of nitrogens with zero attached hydrogens (tertiary/aromatic N) is 1. The molecule has 1 aliphatic rings. The van der Waals surface area contributed by atoms with Crippen molar-refractivity contribution in [3.63, 3.8) is 0 Å². The van der Waals surface area contributed by atoms with E-state index in [1.807, 2.05) is 69.3 Å². The second-order valence-corrected chi connectivity index (χ2v) is 7.57. The molecule has 2 aromatic rings. The monoisotopic (exact) mass is 396 g/mol. The minimum Gasteiger partial charge on any atom is -0.491 e. The fourth-order valence-corrected chi connectivity index (χ4v) is 3.18. The summed E-state index contributed by atoms with van der Waals surface area (Å²) in [5.74, 6) is 0.408. The van der Waals surface area contributed by atoms with Crippen LogP contribution in [0.2, 0.25) is 0 Å². The van der Waals surface area contributed by atoms with Crippen LogP contribution in [0.1, 0.15) is 30.5 Å². The number of hydrogen-bond donors (Lipinski definition) is 1. The van der Waals surface area contributed by atoms with Crippen LogP contribution in [0.25, 0.3) is 0 Å². The van der Waals surface area contributed by atoms with Gasteiger partial charge in [-0.25, -0.2) is 0 Å². The summed E-state index contributed by atoms with van der Waals surface area (Å²) in [6, 6.07) is 14.9. The van der Waals surface area contributed by atoms with Crippen LogP contribution < -0.4 is 10.1 Å². The third-order valence-corrected chi connectivity index (χ3v) is 4.74. The van der Waals surface area contributed by atoms with Gasteiger partial charge in [-0.2, -0.15) is 0 Å². The van der Waals surface area contributed by atoms with Gasteiger partial charge >= 0.3 is 0 Å². The molecule has 1 atom stereocenters. The van der Waals surface area contributed by atoms with E-state index in [9.17, 15) is 9.59 Å². The van der Waals surface area contributed by atoms with E-state index in [0.717, 1.165) is 22.4 Å². The number of hydrogen-bond acceptors (Lipinski definition) is 4. The molecule has 0 unspecified atom stereocenters. The Hall–Kier alpha value is -2.86. The van der Waals surface area contributed by atoms with E-state index < -0.39 is 6.04 Å². The molecule has 154 valence electrons. The SMILES string of the molecule is Cc1ccc(CN2C(=O)COC[C@H]2C(=O)NCc2ccc(OC(C)C)cc2)cc1. The van der Waals surface area contributed by atoms with Crippen LogP contribution in [0, 0.1) is 6.92 Å². The predicted octanol–water partition coefficient (Wildman–Crippen LogP) is 2.83. The van der Waals surface area contributed by atoms with Gasteiger partial charge in [0, 0.05) is 13.1 Å². The molecule has 2 aromatic carbocycles. The van der Waals surface area contributed by atoms with E-state index in [4.69, 9.17) is 9.47 Å². The van der Waals surface area contributed by atoms with Gasteiger partial charge in [-0.15, -0.1) is 0 Å². The van der Waals surface area contributed by atoms with Crippen molar-refractivity contribution in [1.82, 2.24) is 10.2 Å². The average molecular weight is 396 g/mol. The molecule has 1 aliphatic heterocycles. The Labute approximate surface area is 171 Å². The van der Waals surface area contributed by atoms with Crippen molar-refractivity contribution in [2.24, 2.45) is 0 Å². The molecule has 0 spiro atoms. The molecule has 1 heterocycles. The van der Waals surface area contributed by atoms with Crippen molar-refractivity contribution in [3.8, 4) is 5.75 Å². The highest BCUT2D eigenvalue weighted by Crippen LogP contribution is 2.16. The highest BCUT2D eigenvalue weighted by molar-refractivity contribution is 5.89. The molecule has 0 radical (unpaired) electrons. The fraction of sp³-hybridized carbons (Fsp3) is 0.391. The number of aryl methyl sites for hydroxylation is 1. The lowest BCUT2D eigenvalue weighted by molar-refractivity contribution is -0.155. The molecule has 0 aliphatic carbocycles. The lowest BCUT2D eigenvalue weighted by atomic mass is 10.1. The lowest BCUT2D eigenvalue weighted by Gasteiger charge is -2.34. The summed E-state index contributed by atoms with van der Waals surface area (Å²) in [6.45, 7) is 6.94. The van der Waals surface area contributed by atoms with E-state index in [0.29, 0.717) is 13.1 Å². The molecule has 2 amide bonds. The molecule has 0 aromatic heterocycles. The molecule has 0 bridgehead atoms. The molecule has 0 saturated carbocycles. The van der Waals surface area contributed by atoms with Gasteiger partial charge in [0.05, 0.1) is 12.7 Å². The number of carbonyl (C=O) groups excluding carboxylic acids is 2. The Kier molecular flexibility index (Phi) is 6.88. The summed E-state index contributed by atoms with van der Waals surface area (Å²) in [7, 11) is 0. The van der Waals surface area contributed by atoms with Gasteiger partial charge in [0.2, 0.25) is 11.8 Å². The topological polar surface area (TPSA) is 67.9 Å². The summed E-state index contributed by atoms with van der Waals surface area (Å²) in [5, 5.41) is 2.92. The minimum absolute atomic E-state index is 0.00690. The van der Waals surface area contributed by atoms with E-state index in [1.54, 1.807) is 4.90 Å². The Morgan fingerprint density at radius 2 is 1.79 bits per heavy atom. The number of benzene rings is 2. The third-order valence-electron chi connectivity index (χ3n) is 4.74. The Morgan fingerprint density at radius 1 is 1.14 bits per heavy atom. The van der Waals surface area contributed by atoms with Crippen LogP contribution >= 0.6 is 0 Å². The highest BCUT2D eigenvalue weighted by Gasteiger charge is 2.33. The summed E-state index contributed by atoms with van der Waals surface area (Å²) >= 11 is 0. The normalized spacial score (nSPS) is 16.8. The molecule has 1 saturated heterocycles. The van der Waals surface area contributed by atoms with Crippen molar-refractivity contribution >= 4 is 11.8 Å². The van der Waals surface area contributed by atoms with E-state index in [-0.39, 0.29) is 31.1 Å². The van der Waals surface area contributed by atoms with Crippen LogP contribution in [0.15, 0.2) is 48.5 Å². The maximum Gasteiger partial charge on any atom is 0.249 e. The summed E-state index contributed by atoms with van der Waals surface area (Å²) in [5.41, 5.74) is 3.10. The summed E-state index contributed by atoms with van der Waals surface area (Å²) in [6.07, 6.45) is 0.115. The van der Waals surface area contributed by atoms with Crippen LogP contribution in [-0.2, 0) is 27.4 Å². The van der Waals surface area contributed by atoms with Crippen LogP contribution in [-0.4, -0.2) is 42.1 Å². The van der Waals surface area contributed by atoms with Crippen LogP contribution in [0.4, 0.5) is 0 Å². The summed E-state index contributed by atoms with van der Waals surface area (Å²) in [4.78, 5) is 26.8. The zero-order valence-electron chi connectivity index (χ0n) is 17.2. The Balaban J connectivity index is 1.61. The highest BCUT2D eigenvalue weighted by atomic mass is 16.5. The molecule has 29 heavy (non-hydrogen) atoms. The minimum atomic E-state index is -0.638. The Bertz CT molecular complexity index is 831. The van der Waals surface area contributed by atoms with Gasteiger partial charge in [-0.1, -0.05) is 42.0 Å². The van der Waals surface area contributed by atoms with Crippen LogP contribution in [0.5, 0.6) is 5.75 Å². The average Bonchev–Trinajstić information content (AvgIpc) is 2.70. The number of amides is 2. The number of morpholine rings is 1. The summed E-state index contributed by atoms with van der Waals surface area (Å²) < 4.78 is 11.0. The standard InChI is InChI=1S/C23H28N2O4/c1-16(2)29-20-10-8-18(9-11-20)12-24-23(27)21-14-28-15-22(26)25(21)13-19-6-4-17(3)5-7-19/h4-11,16,21H,12-15H2,1-3H3,(H,24,27)/t21-/m0/s1. The Morgan fingerprint density at radius 3 is 2.45 bits per heavy atom. The number of rotatable bonds is 7. The molecule has 1 fully saturated rings. The van der Waals surface area contributed by atoms with Crippen molar-refractivity contribution in [1.29, 1.82) is 0 Å². The molecule has 6 nitrogen and oxygen atoms in total. The van der Waals surface area contributed by atoms with Gasteiger partial charge in [-0.05, 0) is 44.0 Å². The van der Waals surface area contributed by atoms with Gasteiger partial charge < -0.3 is 19.7 Å². The first-order valence-corrected chi connectivity index (χ1v) is 9.88. The van der Waals surface area contributed by atoms with Gasteiger partial charge in [0.15, 0.2) is 0 Å². The molecule has 3 rings (SSSR count). The maximum absolute atomic E-state index is 12.8. The largest absolute Gasteiger partial charge is 0.491 e. The van der Waals surface area contributed by atoms with Crippen LogP contribution in [0.3, 0.4) is 0 Å². The van der Waals surface area contributed by atoms with Crippen molar-refractivity contribution in [3.05, 3.63) is 65.2 Å². The lowest BCUT2D eigenvalue weighted by Crippen LogP contribution is -2.55. The molecular weight excluding hydrogens is 368 g/mol.